The SMILES string of the molecule is O=C1COc2ccccc2N1CC(=O)N1CCCC[C@@H]1c1nc(-c2ccccc2)no1. The molecule has 2 aromatic carbocycles. The zero-order valence-electron chi connectivity index (χ0n) is 16.9. The van der Waals surface area contributed by atoms with Crippen LogP contribution in [-0.4, -0.2) is 46.6 Å². The van der Waals surface area contributed by atoms with Gasteiger partial charge >= 0.3 is 0 Å². The molecular weight excluding hydrogens is 396 g/mol. The number of carbonyl (C=O) groups is 2. The lowest BCUT2D eigenvalue weighted by molar-refractivity contribution is -0.135. The van der Waals surface area contributed by atoms with E-state index in [2.05, 4.69) is 10.1 Å². The number of hydrogen-bond acceptors (Lipinski definition) is 6. The average molecular weight is 418 g/mol. The van der Waals surface area contributed by atoms with E-state index >= 15 is 0 Å². The van der Waals surface area contributed by atoms with Gasteiger partial charge in [-0.2, -0.15) is 4.98 Å². The molecule has 5 rings (SSSR count). The van der Waals surface area contributed by atoms with Crippen LogP contribution >= 0.6 is 0 Å². The minimum Gasteiger partial charge on any atom is -0.482 e. The summed E-state index contributed by atoms with van der Waals surface area (Å²) < 4.78 is 11.0. The van der Waals surface area contributed by atoms with E-state index in [9.17, 15) is 9.59 Å². The molecule has 0 spiro atoms. The van der Waals surface area contributed by atoms with Gasteiger partial charge in [0.1, 0.15) is 18.3 Å². The van der Waals surface area contributed by atoms with Gasteiger partial charge in [-0.1, -0.05) is 47.6 Å². The highest BCUT2D eigenvalue weighted by molar-refractivity contribution is 6.02. The molecule has 1 fully saturated rings. The molecule has 1 aromatic heterocycles. The summed E-state index contributed by atoms with van der Waals surface area (Å²) in [6, 6.07) is 16.6. The lowest BCUT2D eigenvalue weighted by atomic mass is 10.0. The summed E-state index contributed by atoms with van der Waals surface area (Å²) in [6.07, 6.45) is 2.61. The number of amides is 2. The average Bonchev–Trinajstić information content (AvgIpc) is 3.32. The number of para-hydroxylation sites is 2. The van der Waals surface area contributed by atoms with Crippen molar-refractivity contribution in [2.75, 3.05) is 24.6 Å². The summed E-state index contributed by atoms with van der Waals surface area (Å²) in [7, 11) is 0. The molecule has 0 radical (unpaired) electrons. The number of rotatable bonds is 4. The Morgan fingerprint density at radius 3 is 2.74 bits per heavy atom. The molecule has 1 saturated heterocycles. The third kappa shape index (κ3) is 3.76. The first kappa shape index (κ1) is 19.3. The van der Waals surface area contributed by atoms with E-state index in [0.717, 1.165) is 24.8 Å². The Morgan fingerprint density at radius 1 is 1.06 bits per heavy atom. The molecule has 31 heavy (non-hydrogen) atoms. The monoisotopic (exact) mass is 418 g/mol. The van der Waals surface area contributed by atoms with Crippen LogP contribution in [-0.2, 0) is 9.59 Å². The van der Waals surface area contributed by atoms with Gasteiger partial charge in [-0.3, -0.25) is 14.5 Å². The van der Waals surface area contributed by atoms with Crippen molar-refractivity contribution in [2.45, 2.75) is 25.3 Å². The molecule has 0 saturated carbocycles. The minimum atomic E-state index is -0.294. The largest absolute Gasteiger partial charge is 0.482 e. The zero-order valence-corrected chi connectivity index (χ0v) is 16.9. The fraction of sp³-hybridized carbons (Fsp3) is 0.304. The van der Waals surface area contributed by atoms with Crippen LogP contribution in [0.5, 0.6) is 5.75 Å². The lowest BCUT2D eigenvalue weighted by Gasteiger charge is -2.36. The van der Waals surface area contributed by atoms with E-state index in [1.165, 1.54) is 4.90 Å². The fourth-order valence-electron chi connectivity index (χ4n) is 4.12. The number of aromatic nitrogens is 2. The van der Waals surface area contributed by atoms with Crippen molar-refractivity contribution in [1.29, 1.82) is 0 Å². The van der Waals surface area contributed by atoms with Crippen molar-refractivity contribution in [3.8, 4) is 17.1 Å². The van der Waals surface area contributed by atoms with Crippen LogP contribution in [0, 0.1) is 0 Å². The molecule has 0 bridgehead atoms. The maximum atomic E-state index is 13.3. The van der Waals surface area contributed by atoms with Crippen LogP contribution in [0.15, 0.2) is 59.1 Å². The van der Waals surface area contributed by atoms with E-state index in [1.807, 2.05) is 42.5 Å². The summed E-state index contributed by atoms with van der Waals surface area (Å²) >= 11 is 0. The van der Waals surface area contributed by atoms with Crippen molar-refractivity contribution in [1.82, 2.24) is 15.0 Å². The number of hydrogen-bond donors (Lipinski definition) is 0. The molecule has 2 amide bonds. The van der Waals surface area contributed by atoms with Gasteiger partial charge in [0.05, 0.1) is 5.69 Å². The van der Waals surface area contributed by atoms with Gasteiger partial charge in [0.2, 0.25) is 17.6 Å². The van der Waals surface area contributed by atoms with Gasteiger partial charge in [-0.05, 0) is 31.4 Å². The predicted octanol–water partition coefficient (Wildman–Crippen LogP) is 3.22. The van der Waals surface area contributed by atoms with E-state index in [4.69, 9.17) is 9.26 Å². The van der Waals surface area contributed by atoms with Crippen LogP contribution in [0.2, 0.25) is 0 Å². The van der Waals surface area contributed by atoms with Gasteiger partial charge in [0.25, 0.3) is 5.91 Å². The number of piperidine rings is 1. The molecule has 3 heterocycles. The molecule has 8 nitrogen and oxygen atoms in total. The van der Waals surface area contributed by atoms with Crippen LogP contribution in [0.4, 0.5) is 5.69 Å². The summed E-state index contributed by atoms with van der Waals surface area (Å²) in [5, 5.41) is 4.11. The number of ether oxygens (including phenoxy) is 1. The molecule has 3 aromatic rings. The molecule has 8 heteroatoms. The van der Waals surface area contributed by atoms with Gasteiger partial charge in [0.15, 0.2) is 6.61 Å². The standard InChI is InChI=1S/C23H22N4O4/c28-20(14-27-17-10-4-5-12-19(17)30-15-21(27)29)26-13-7-6-11-18(26)23-24-22(25-31-23)16-8-2-1-3-9-16/h1-5,8-10,12,18H,6-7,11,13-15H2/t18-/m1/s1. The van der Waals surface area contributed by atoms with E-state index in [1.54, 1.807) is 17.0 Å². The Balaban J connectivity index is 1.37. The van der Waals surface area contributed by atoms with Crippen LogP contribution in [0.1, 0.15) is 31.2 Å². The Bertz CT molecular complexity index is 1100. The van der Waals surface area contributed by atoms with Crippen molar-refractivity contribution in [3.63, 3.8) is 0 Å². The van der Waals surface area contributed by atoms with Crippen molar-refractivity contribution >= 4 is 17.5 Å². The molecule has 158 valence electrons. The lowest BCUT2D eigenvalue weighted by Crippen LogP contribution is -2.48. The quantitative estimate of drug-likeness (QED) is 0.646. The highest BCUT2D eigenvalue weighted by Gasteiger charge is 2.35. The third-order valence-corrected chi connectivity index (χ3v) is 5.68. The van der Waals surface area contributed by atoms with E-state index < -0.39 is 0 Å². The Kier molecular flexibility index (Phi) is 5.11. The summed E-state index contributed by atoms with van der Waals surface area (Å²) in [5.41, 5.74) is 1.48. The summed E-state index contributed by atoms with van der Waals surface area (Å²) in [5.74, 6) is 1.17. The smallest absolute Gasteiger partial charge is 0.265 e. The molecule has 0 aliphatic carbocycles. The summed E-state index contributed by atoms with van der Waals surface area (Å²) in [6.45, 7) is 0.472. The Labute approximate surface area is 179 Å². The van der Waals surface area contributed by atoms with Crippen molar-refractivity contribution in [2.24, 2.45) is 0 Å². The van der Waals surface area contributed by atoms with Crippen LogP contribution in [0.3, 0.4) is 0 Å². The second kappa shape index (κ2) is 8.22. The summed E-state index contributed by atoms with van der Waals surface area (Å²) in [4.78, 5) is 33.6. The normalized spacial score (nSPS) is 18.5. The maximum absolute atomic E-state index is 13.3. The van der Waals surface area contributed by atoms with E-state index in [0.29, 0.717) is 29.7 Å². The third-order valence-electron chi connectivity index (χ3n) is 5.68. The number of nitrogens with zero attached hydrogens (tertiary/aromatic N) is 4. The Morgan fingerprint density at radius 2 is 1.87 bits per heavy atom. The van der Waals surface area contributed by atoms with E-state index in [-0.39, 0.29) is 31.0 Å². The van der Waals surface area contributed by atoms with Crippen LogP contribution in [0.25, 0.3) is 11.4 Å². The van der Waals surface area contributed by atoms with Gasteiger partial charge in [-0.25, -0.2) is 0 Å². The highest BCUT2D eigenvalue weighted by Crippen LogP contribution is 2.34. The number of carbonyl (C=O) groups excluding carboxylic acids is 2. The highest BCUT2D eigenvalue weighted by atomic mass is 16.5. The van der Waals surface area contributed by atoms with Crippen LogP contribution < -0.4 is 9.64 Å². The first-order valence-electron chi connectivity index (χ1n) is 10.4. The molecule has 0 N–H and O–H groups in total. The maximum Gasteiger partial charge on any atom is 0.265 e. The predicted molar refractivity (Wildman–Crippen MR) is 112 cm³/mol. The molecule has 1 atom stereocenters. The molecule has 2 aliphatic rings. The van der Waals surface area contributed by atoms with Crippen molar-refractivity contribution in [3.05, 3.63) is 60.5 Å². The number of likely N-dealkylation sites (tertiary alicyclic amines) is 1. The molecular formula is C23H22N4O4. The first-order chi connectivity index (χ1) is 15.2. The van der Waals surface area contributed by atoms with Gasteiger partial charge in [-0.15, -0.1) is 0 Å². The minimum absolute atomic E-state index is 0.0462. The fourth-order valence-corrected chi connectivity index (χ4v) is 4.12. The zero-order chi connectivity index (χ0) is 21.2. The second-order valence-corrected chi connectivity index (χ2v) is 7.66. The van der Waals surface area contributed by atoms with Gasteiger partial charge in [0, 0.05) is 12.1 Å². The topological polar surface area (TPSA) is 88.8 Å². The molecule has 2 aliphatic heterocycles. The number of benzene rings is 2. The molecule has 0 unspecified atom stereocenters. The Hall–Kier alpha value is -3.68. The first-order valence-corrected chi connectivity index (χ1v) is 10.4. The number of anilines is 1. The second-order valence-electron chi connectivity index (χ2n) is 7.66. The van der Waals surface area contributed by atoms with Crippen molar-refractivity contribution < 1.29 is 18.8 Å². The number of fused-ring (bicyclic) bond motifs is 1. The van der Waals surface area contributed by atoms with Gasteiger partial charge < -0.3 is 14.2 Å².